The number of benzene rings is 1. The molecule has 0 amide bonds. The Labute approximate surface area is 70.7 Å². The van der Waals surface area contributed by atoms with Crippen LogP contribution < -0.4 is 0 Å². The van der Waals surface area contributed by atoms with Gasteiger partial charge in [0.15, 0.2) is 0 Å². The molecule has 0 N–H and O–H groups in total. The predicted octanol–water partition coefficient (Wildman–Crippen LogP) is 2.11. The van der Waals surface area contributed by atoms with Gasteiger partial charge in [-0.25, -0.2) is 4.39 Å². The molecule has 0 heterocycles. The molecule has 3 heteroatoms. The second-order valence-electron chi connectivity index (χ2n) is 2.43. The SMILES string of the molecule is CON=Cc1ccc(F)c(C)c1. The lowest BCUT2D eigenvalue weighted by Crippen LogP contribution is -1.86. The van der Waals surface area contributed by atoms with E-state index < -0.39 is 0 Å². The third-order valence-electron chi connectivity index (χ3n) is 1.49. The third-order valence-corrected chi connectivity index (χ3v) is 1.49. The van der Waals surface area contributed by atoms with Gasteiger partial charge in [0.2, 0.25) is 0 Å². The number of nitrogens with zero attached hydrogens (tertiary/aromatic N) is 1. The zero-order valence-corrected chi connectivity index (χ0v) is 7.04. The summed E-state index contributed by atoms with van der Waals surface area (Å²) in [5.41, 5.74) is 1.44. The van der Waals surface area contributed by atoms with Crippen molar-refractivity contribution < 1.29 is 9.23 Å². The van der Waals surface area contributed by atoms with Gasteiger partial charge in [0, 0.05) is 0 Å². The van der Waals surface area contributed by atoms with E-state index in [2.05, 4.69) is 9.99 Å². The maximum Gasteiger partial charge on any atom is 0.126 e. The topological polar surface area (TPSA) is 21.6 Å². The Balaban J connectivity index is 2.89. The van der Waals surface area contributed by atoms with Crippen LogP contribution in [0.1, 0.15) is 11.1 Å². The van der Waals surface area contributed by atoms with Gasteiger partial charge in [0.05, 0.1) is 6.21 Å². The molecular formula is C9H10FNO. The average molecular weight is 167 g/mol. The van der Waals surface area contributed by atoms with Crippen LogP contribution in [0.4, 0.5) is 4.39 Å². The summed E-state index contributed by atoms with van der Waals surface area (Å²) in [5.74, 6) is -0.204. The molecule has 64 valence electrons. The fourth-order valence-electron chi connectivity index (χ4n) is 0.862. The Morgan fingerprint density at radius 2 is 2.25 bits per heavy atom. The van der Waals surface area contributed by atoms with Gasteiger partial charge in [-0.2, -0.15) is 0 Å². The Bertz CT molecular complexity index is 297. The van der Waals surface area contributed by atoms with E-state index in [4.69, 9.17) is 0 Å². The number of hydrogen-bond acceptors (Lipinski definition) is 2. The lowest BCUT2D eigenvalue weighted by molar-refractivity contribution is 0.215. The Morgan fingerprint density at radius 3 is 2.83 bits per heavy atom. The Hall–Kier alpha value is -1.38. The minimum Gasteiger partial charge on any atom is -0.399 e. The summed E-state index contributed by atoms with van der Waals surface area (Å²) in [6.07, 6.45) is 1.53. The normalized spacial score (nSPS) is 10.6. The summed E-state index contributed by atoms with van der Waals surface area (Å²) in [5, 5.41) is 3.57. The maximum absolute atomic E-state index is 12.7. The van der Waals surface area contributed by atoms with Crippen LogP contribution in [0, 0.1) is 12.7 Å². The average Bonchev–Trinajstić information content (AvgIpc) is 2.07. The summed E-state index contributed by atoms with van der Waals surface area (Å²) >= 11 is 0. The minimum atomic E-state index is -0.204. The highest BCUT2D eigenvalue weighted by molar-refractivity contribution is 5.79. The molecule has 1 rings (SSSR count). The first-order valence-corrected chi connectivity index (χ1v) is 3.56. The lowest BCUT2D eigenvalue weighted by Gasteiger charge is -1.96. The van der Waals surface area contributed by atoms with Gasteiger partial charge in [0.25, 0.3) is 0 Å². The number of rotatable bonds is 2. The van der Waals surface area contributed by atoms with Crippen LogP contribution >= 0.6 is 0 Å². The van der Waals surface area contributed by atoms with E-state index in [1.165, 1.54) is 19.4 Å². The molecule has 2 nitrogen and oxygen atoms in total. The van der Waals surface area contributed by atoms with E-state index >= 15 is 0 Å². The molecule has 0 unspecified atom stereocenters. The molecule has 0 saturated heterocycles. The molecule has 0 saturated carbocycles. The van der Waals surface area contributed by atoms with Crippen LogP contribution in [-0.2, 0) is 4.84 Å². The maximum atomic E-state index is 12.7. The van der Waals surface area contributed by atoms with Crippen molar-refractivity contribution in [3.63, 3.8) is 0 Å². The first-order chi connectivity index (χ1) is 5.74. The van der Waals surface area contributed by atoms with Crippen molar-refractivity contribution in [2.75, 3.05) is 7.11 Å². The van der Waals surface area contributed by atoms with E-state index in [1.54, 1.807) is 19.1 Å². The van der Waals surface area contributed by atoms with Gasteiger partial charge in [0.1, 0.15) is 12.9 Å². The molecule has 0 aromatic heterocycles. The van der Waals surface area contributed by atoms with Crippen LogP contribution in [0.25, 0.3) is 0 Å². The van der Waals surface area contributed by atoms with E-state index in [0.717, 1.165) is 5.56 Å². The quantitative estimate of drug-likeness (QED) is 0.488. The van der Waals surface area contributed by atoms with Gasteiger partial charge >= 0.3 is 0 Å². The predicted molar refractivity (Wildman–Crippen MR) is 45.7 cm³/mol. The van der Waals surface area contributed by atoms with Crippen LogP contribution in [0.3, 0.4) is 0 Å². The number of aryl methyl sites for hydroxylation is 1. The first-order valence-electron chi connectivity index (χ1n) is 3.56. The molecule has 0 aliphatic rings. The summed E-state index contributed by atoms with van der Waals surface area (Å²) in [6.45, 7) is 1.71. The van der Waals surface area contributed by atoms with Gasteiger partial charge in [-0.15, -0.1) is 0 Å². The zero-order valence-electron chi connectivity index (χ0n) is 7.04. The highest BCUT2D eigenvalue weighted by Gasteiger charge is 1.95. The molecule has 0 bridgehead atoms. The molecule has 12 heavy (non-hydrogen) atoms. The first kappa shape index (κ1) is 8.71. The number of hydrogen-bond donors (Lipinski definition) is 0. The van der Waals surface area contributed by atoms with Gasteiger partial charge in [-0.1, -0.05) is 11.2 Å². The van der Waals surface area contributed by atoms with Crippen molar-refractivity contribution in [1.82, 2.24) is 0 Å². The highest BCUT2D eigenvalue weighted by atomic mass is 19.1. The van der Waals surface area contributed by atoms with Crippen molar-refractivity contribution in [1.29, 1.82) is 0 Å². The lowest BCUT2D eigenvalue weighted by atomic mass is 10.1. The van der Waals surface area contributed by atoms with Gasteiger partial charge in [-0.05, 0) is 30.2 Å². The van der Waals surface area contributed by atoms with E-state index in [-0.39, 0.29) is 5.82 Å². The molecule has 0 aliphatic carbocycles. The summed E-state index contributed by atoms with van der Waals surface area (Å²) in [7, 11) is 1.47. The summed E-state index contributed by atoms with van der Waals surface area (Å²) in [4.78, 5) is 4.49. The van der Waals surface area contributed by atoms with Crippen LogP contribution in [0.2, 0.25) is 0 Å². The zero-order chi connectivity index (χ0) is 8.97. The molecule has 0 radical (unpaired) electrons. The monoisotopic (exact) mass is 167 g/mol. The van der Waals surface area contributed by atoms with E-state index in [1.807, 2.05) is 0 Å². The second-order valence-corrected chi connectivity index (χ2v) is 2.43. The fraction of sp³-hybridized carbons (Fsp3) is 0.222. The largest absolute Gasteiger partial charge is 0.399 e. The fourth-order valence-corrected chi connectivity index (χ4v) is 0.862. The molecule has 0 fully saturated rings. The van der Waals surface area contributed by atoms with Crippen molar-refractivity contribution >= 4 is 6.21 Å². The van der Waals surface area contributed by atoms with Crippen LogP contribution in [0.5, 0.6) is 0 Å². The van der Waals surface area contributed by atoms with Gasteiger partial charge in [-0.3, -0.25) is 0 Å². The minimum absolute atomic E-state index is 0.204. The third kappa shape index (κ3) is 2.05. The molecule has 0 spiro atoms. The van der Waals surface area contributed by atoms with E-state index in [0.29, 0.717) is 5.56 Å². The Morgan fingerprint density at radius 1 is 1.50 bits per heavy atom. The highest BCUT2D eigenvalue weighted by Crippen LogP contribution is 2.07. The molecule has 0 aliphatic heterocycles. The van der Waals surface area contributed by atoms with Crippen molar-refractivity contribution in [3.05, 3.63) is 35.1 Å². The van der Waals surface area contributed by atoms with Crippen molar-refractivity contribution in [3.8, 4) is 0 Å². The van der Waals surface area contributed by atoms with Crippen LogP contribution in [0.15, 0.2) is 23.4 Å². The summed E-state index contributed by atoms with van der Waals surface area (Å²) in [6, 6.07) is 4.76. The van der Waals surface area contributed by atoms with Crippen molar-refractivity contribution in [2.24, 2.45) is 5.16 Å². The van der Waals surface area contributed by atoms with Crippen LogP contribution in [-0.4, -0.2) is 13.3 Å². The smallest absolute Gasteiger partial charge is 0.126 e. The molecular weight excluding hydrogens is 157 g/mol. The standard InChI is InChI=1S/C9H10FNO/c1-7-5-8(6-11-12-2)3-4-9(7)10/h3-6H,1-2H3. The number of halogens is 1. The number of oxime groups is 1. The molecule has 0 atom stereocenters. The molecule has 1 aromatic rings. The second kappa shape index (κ2) is 3.85. The molecule has 1 aromatic carbocycles. The Kier molecular flexibility index (Phi) is 2.80. The van der Waals surface area contributed by atoms with Gasteiger partial charge < -0.3 is 4.84 Å². The van der Waals surface area contributed by atoms with Crippen molar-refractivity contribution in [2.45, 2.75) is 6.92 Å². The van der Waals surface area contributed by atoms with E-state index in [9.17, 15) is 4.39 Å². The summed E-state index contributed by atoms with van der Waals surface area (Å²) < 4.78 is 12.7.